The Kier molecular flexibility index (Phi) is 5.19. The Labute approximate surface area is 173 Å². The van der Waals surface area contributed by atoms with Crippen molar-refractivity contribution in [1.29, 1.82) is 0 Å². The lowest BCUT2D eigenvalue weighted by molar-refractivity contribution is 0.0531. The fourth-order valence-electron chi connectivity index (χ4n) is 3.62. The molecule has 0 spiro atoms. The molecule has 0 aliphatic heterocycles. The van der Waals surface area contributed by atoms with Crippen molar-refractivity contribution in [3.05, 3.63) is 46.9 Å². The lowest BCUT2D eigenvalue weighted by Gasteiger charge is -2.19. The minimum atomic E-state index is -0.311. The summed E-state index contributed by atoms with van der Waals surface area (Å²) in [6.07, 6.45) is 1.54. The fraction of sp³-hybridized carbons (Fsp3) is 0.333. The molecule has 150 valence electrons. The zero-order chi connectivity index (χ0) is 20.5. The van der Waals surface area contributed by atoms with E-state index in [-0.39, 0.29) is 5.97 Å². The van der Waals surface area contributed by atoms with Gasteiger partial charge in [0.05, 0.1) is 29.6 Å². The van der Waals surface area contributed by atoms with Crippen LogP contribution in [0.1, 0.15) is 34.9 Å². The van der Waals surface area contributed by atoms with E-state index in [2.05, 4.69) is 32.4 Å². The van der Waals surface area contributed by atoms with E-state index in [9.17, 15) is 4.79 Å². The number of para-hydroxylation sites is 2. The SMILES string of the molecule is CCOC(=O)c1sc2ncnc(N(C)Cc3nc4ccccc4n3CC)c2c1C. The Hall–Kier alpha value is -3.00. The van der Waals surface area contributed by atoms with Crippen molar-refractivity contribution >= 4 is 44.4 Å². The summed E-state index contributed by atoms with van der Waals surface area (Å²) in [4.78, 5) is 29.4. The van der Waals surface area contributed by atoms with Crippen LogP contribution in [-0.4, -0.2) is 39.1 Å². The van der Waals surface area contributed by atoms with Crippen molar-refractivity contribution in [2.45, 2.75) is 33.9 Å². The van der Waals surface area contributed by atoms with Crippen LogP contribution in [-0.2, 0) is 17.8 Å². The Bertz CT molecular complexity index is 1200. The molecule has 0 unspecified atom stereocenters. The standard InChI is InChI=1S/C21H23N5O2S/c1-5-26-15-10-8-7-9-14(15)24-16(26)11-25(4)19-17-13(3)18(21(27)28-6-2)29-20(17)23-12-22-19/h7-10,12H,5-6,11H2,1-4H3. The Morgan fingerprint density at radius 2 is 2.03 bits per heavy atom. The Balaban J connectivity index is 1.74. The number of imidazole rings is 1. The second-order valence-corrected chi connectivity index (χ2v) is 7.77. The molecule has 0 aliphatic carbocycles. The van der Waals surface area contributed by atoms with Gasteiger partial charge in [0.25, 0.3) is 0 Å². The van der Waals surface area contributed by atoms with Gasteiger partial charge in [0.1, 0.15) is 27.7 Å². The highest BCUT2D eigenvalue weighted by Crippen LogP contribution is 2.35. The molecule has 0 radical (unpaired) electrons. The summed E-state index contributed by atoms with van der Waals surface area (Å²) < 4.78 is 7.41. The summed E-state index contributed by atoms with van der Waals surface area (Å²) in [5, 5.41) is 0.891. The highest BCUT2D eigenvalue weighted by molar-refractivity contribution is 7.20. The van der Waals surface area contributed by atoms with Gasteiger partial charge in [0.15, 0.2) is 0 Å². The third kappa shape index (κ3) is 3.33. The van der Waals surface area contributed by atoms with E-state index < -0.39 is 0 Å². The first kappa shape index (κ1) is 19.3. The van der Waals surface area contributed by atoms with Crippen LogP contribution in [0.15, 0.2) is 30.6 Å². The summed E-state index contributed by atoms with van der Waals surface area (Å²) in [5.41, 5.74) is 2.97. The number of hydrogen-bond donors (Lipinski definition) is 0. The van der Waals surface area contributed by atoms with Gasteiger partial charge < -0.3 is 14.2 Å². The smallest absolute Gasteiger partial charge is 0.348 e. The molecular weight excluding hydrogens is 386 g/mol. The third-order valence-corrected chi connectivity index (χ3v) is 6.14. The number of ether oxygens (including phenoxy) is 1. The molecule has 0 amide bonds. The molecule has 0 saturated carbocycles. The number of carbonyl (C=O) groups is 1. The second kappa shape index (κ2) is 7.79. The first-order chi connectivity index (χ1) is 14.0. The number of hydrogen-bond acceptors (Lipinski definition) is 7. The molecule has 0 aliphatic rings. The van der Waals surface area contributed by atoms with Crippen molar-refractivity contribution in [3.63, 3.8) is 0 Å². The normalized spacial score (nSPS) is 11.3. The lowest BCUT2D eigenvalue weighted by atomic mass is 10.2. The van der Waals surface area contributed by atoms with E-state index in [1.54, 1.807) is 13.3 Å². The van der Waals surface area contributed by atoms with Crippen molar-refractivity contribution in [2.24, 2.45) is 0 Å². The molecular formula is C21H23N5O2S. The van der Waals surface area contributed by atoms with E-state index in [1.165, 1.54) is 11.3 Å². The van der Waals surface area contributed by atoms with E-state index in [0.717, 1.165) is 45.0 Å². The number of esters is 1. The van der Waals surface area contributed by atoms with Gasteiger partial charge in [0, 0.05) is 13.6 Å². The number of fused-ring (bicyclic) bond motifs is 2. The minimum absolute atomic E-state index is 0.311. The van der Waals surface area contributed by atoms with Gasteiger partial charge in [-0.05, 0) is 38.5 Å². The molecule has 1 aromatic carbocycles. The fourth-order valence-corrected chi connectivity index (χ4v) is 4.66. The summed E-state index contributed by atoms with van der Waals surface area (Å²) >= 11 is 1.35. The van der Waals surface area contributed by atoms with E-state index in [4.69, 9.17) is 9.72 Å². The molecule has 0 bridgehead atoms. The van der Waals surface area contributed by atoms with Crippen LogP contribution in [0.3, 0.4) is 0 Å². The van der Waals surface area contributed by atoms with Gasteiger partial charge in [0.2, 0.25) is 0 Å². The molecule has 29 heavy (non-hydrogen) atoms. The van der Waals surface area contributed by atoms with Crippen molar-refractivity contribution in [2.75, 3.05) is 18.6 Å². The van der Waals surface area contributed by atoms with Crippen LogP contribution >= 0.6 is 11.3 Å². The first-order valence-corrected chi connectivity index (χ1v) is 10.4. The van der Waals surface area contributed by atoms with Crippen LogP contribution in [0, 0.1) is 6.92 Å². The predicted molar refractivity (Wildman–Crippen MR) is 116 cm³/mol. The molecule has 7 nitrogen and oxygen atoms in total. The summed E-state index contributed by atoms with van der Waals surface area (Å²) in [5.74, 6) is 1.45. The maximum Gasteiger partial charge on any atom is 0.348 e. The average Bonchev–Trinajstić information content (AvgIpc) is 3.25. The second-order valence-electron chi connectivity index (χ2n) is 6.77. The van der Waals surface area contributed by atoms with Crippen LogP contribution in [0.2, 0.25) is 0 Å². The molecule has 4 rings (SSSR count). The number of carbonyl (C=O) groups excluding carboxylic acids is 1. The number of anilines is 1. The first-order valence-electron chi connectivity index (χ1n) is 9.61. The predicted octanol–water partition coefficient (Wildman–Crippen LogP) is 4.18. The molecule has 0 atom stereocenters. The average molecular weight is 410 g/mol. The Morgan fingerprint density at radius 1 is 1.24 bits per heavy atom. The van der Waals surface area contributed by atoms with Crippen LogP contribution in [0.4, 0.5) is 5.82 Å². The van der Waals surface area contributed by atoms with E-state index >= 15 is 0 Å². The van der Waals surface area contributed by atoms with Crippen molar-refractivity contribution < 1.29 is 9.53 Å². The maximum atomic E-state index is 12.3. The van der Waals surface area contributed by atoms with Gasteiger partial charge in [-0.2, -0.15) is 0 Å². The van der Waals surface area contributed by atoms with Crippen LogP contribution in [0.5, 0.6) is 0 Å². The highest BCUT2D eigenvalue weighted by Gasteiger charge is 2.22. The van der Waals surface area contributed by atoms with Gasteiger partial charge in [-0.3, -0.25) is 0 Å². The van der Waals surface area contributed by atoms with Crippen molar-refractivity contribution in [1.82, 2.24) is 19.5 Å². The number of rotatable bonds is 6. The van der Waals surface area contributed by atoms with Gasteiger partial charge >= 0.3 is 5.97 Å². The molecule has 3 aromatic heterocycles. The number of aromatic nitrogens is 4. The maximum absolute atomic E-state index is 12.3. The molecule has 8 heteroatoms. The third-order valence-electron chi connectivity index (χ3n) is 4.96. The van der Waals surface area contributed by atoms with Crippen LogP contribution in [0.25, 0.3) is 21.3 Å². The van der Waals surface area contributed by atoms with E-state index in [1.807, 2.05) is 32.2 Å². The largest absolute Gasteiger partial charge is 0.462 e. The monoisotopic (exact) mass is 409 g/mol. The van der Waals surface area contributed by atoms with Gasteiger partial charge in [-0.25, -0.2) is 19.7 Å². The number of aryl methyl sites for hydroxylation is 2. The summed E-state index contributed by atoms with van der Waals surface area (Å²) in [6.45, 7) is 7.63. The van der Waals surface area contributed by atoms with Crippen molar-refractivity contribution in [3.8, 4) is 0 Å². The number of thiophene rings is 1. The number of nitrogens with zero attached hydrogens (tertiary/aromatic N) is 5. The quantitative estimate of drug-likeness (QED) is 0.445. The molecule has 3 heterocycles. The zero-order valence-corrected chi connectivity index (χ0v) is 17.8. The Morgan fingerprint density at radius 3 is 2.79 bits per heavy atom. The lowest BCUT2D eigenvalue weighted by Crippen LogP contribution is -2.21. The summed E-state index contributed by atoms with van der Waals surface area (Å²) in [7, 11) is 1.99. The van der Waals surface area contributed by atoms with Gasteiger partial charge in [-0.1, -0.05) is 12.1 Å². The van der Waals surface area contributed by atoms with Crippen LogP contribution < -0.4 is 4.90 Å². The zero-order valence-electron chi connectivity index (χ0n) is 17.0. The molecule has 0 N–H and O–H groups in total. The molecule has 0 saturated heterocycles. The number of benzene rings is 1. The van der Waals surface area contributed by atoms with Gasteiger partial charge in [-0.15, -0.1) is 11.3 Å². The minimum Gasteiger partial charge on any atom is -0.462 e. The molecule has 0 fully saturated rings. The topological polar surface area (TPSA) is 73.1 Å². The highest BCUT2D eigenvalue weighted by atomic mass is 32.1. The van der Waals surface area contributed by atoms with E-state index in [0.29, 0.717) is 18.0 Å². The summed E-state index contributed by atoms with van der Waals surface area (Å²) in [6, 6.07) is 8.15. The molecule has 4 aromatic rings.